The molecular formula is C33H48O. The average Bonchev–Trinajstić information content (AvgIpc) is 3.00. The predicted octanol–water partition coefficient (Wildman–Crippen LogP) is 10.3. The minimum Gasteiger partial charge on any atom is -0.490 e. The molecule has 0 aliphatic heterocycles. The molecule has 0 saturated heterocycles. The van der Waals surface area contributed by atoms with Gasteiger partial charge in [0, 0.05) is 0 Å². The highest BCUT2D eigenvalue weighted by molar-refractivity contribution is 5.29. The van der Waals surface area contributed by atoms with Gasteiger partial charge in [0.1, 0.15) is 12.4 Å². The second-order valence-corrected chi connectivity index (χ2v) is 9.14. The zero-order valence-electron chi connectivity index (χ0n) is 22.7. The summed E-state index contributed by atoms with van der Waals surface area (Å²) in [5.74, 6) is 0.943. The number of ether oxygens (including phenoxy) is 1. The van der Waals surface area contributed by atoms with Crippen molar-refractivity contribution in [3.8, 4) is 0 Å². The summed E-state index contributed by atoms with van der Waals surface area (Å²) in [6.07, 6.45) is 31.2. The molecule has 0 radical (unpaired) electrons. The second-order valence-electron chi connectivity index (χ2n) is 9.14. The molecule has 1 heteroatoms. The Balaban J connectivity index is 0.00000529. The van der Waals surface area contributed by atoms with Crippen LogP contribution in [-0.2, 0) is 4.74 Å². The lowest BCUT2D eigenvalue weighted by molar-refractivity contribution is 0.260. The molecule has 0 fully saturated rings. The molecule has 0 amide bonds. The Morgan fingerprint density at radius 3 is 2.50 bits per heavy atom. The lowest BCUT2D eigenvalue weighted by Gasteiger charge is -2.17. The summed E-state index contributed by atoms with van der Waals surface area (Å²) < 4.78 is 6.01. The standard InChI is InChI=1S/C31H44O.C2H4/c1-8-14-30(18-11-15-29-16-12-22-31(6,7)23-21-29)32-24-13-17-28(10-3)25-27(5)20-19-26(4)9-2;1-2/h9-11,13-14,16-21,23H,2,8,12,15,22,24-25H2,1,3-7H3;1-2H2/b17-13-,18-11-,26-19-,27-20+,28-10+,30-14+;. The zero-order valence-corrected chi connectivity index (χ0v) is 22.7. The van der Waals surface area contributed by atoms with Crippen LogP contribution in [0.4, 0.5) is 0 Å². The van der Waals surface area contributed by atoms with E-state index in [1.54, 1.807) is 0 Å². The smallest absolute Gasteiger partial charge is 0.115 e. The highest BCUT2D eigenvalue weighted by Crippen LogP contribution is 2.28. The van der Waals surface area contributed by atoms with Gasteiger partial charge in [0.15, 0.2) is 0 Å². The van der Waals surface area contributed by atoms with Crippen LogP contribution >= 0.6 is 0 Å². The fraction of sp³-hybridized carbons (Fsp3) is 0.394. The molecule has 34 heavy (non-hydrogen) atoms. The molecule has 0 saturated carbocycles. The van der Waals surface area contributed by atoms with Crippen LogP contribution in [0.25, 0.3) is 0 Å². The highest BCUT2D eigenvalue weighted by atomic mass is 16.5. The molecule has 1 rings (SSSR count). The number of allylic oxidation sites excluding steroid dienone is 15. The molecule has 0 aromatic carbocycles. The summed E-state index contributed by atoms with van der Waals surface area (Å²) in [5, 5.41) is 0. The van der Waals surface area contributed by atoms with E-state index in [0.717, 1.165) is 31.4 Å². The van der Waals surface area contributed by atoms with E-state index in [9.17, 15) is 0 Å². The first-order valence-corrected chi connectivity index (χ1v) is 12.5. The number of rotatable bonds is 12. The summed E-state index contributed by atoms with van der Waals surface area (Å²) in [4.78, 5) is 0. The molecule has 1 aliphatic carbocycles. The average molecular weight is 461 g/mol. The highest BCUT2D eigenvalue weighted by Gasteiger charge is 2.14. The van der Waals surface area contributed by atoms with Crippen molar-refractivity contribution in [1.29, 1.82) is 0 Å². The molecule has 0 atom stereocenters. The normalized spacial score (nSPS) is 17.3. The summed E-state index contributed by atoms with van der Waals surface area (Å²) in [6.45, 7) is 23.4. The van der Waals surface area contributed by atoms with Gasteiger partial charge in [-0.1, -0.05) is 93.2 Å². The molecule has 0 aromatic rings. The Hall–Kier alpha value is -2.80. The summed E-state index contributed by atoms with van der Waals surface area (Å²) in [5.41, 5.74) is 5.48. The molecule has 0 bridgehead atoms. The largest absolute Gasteiger partial charge is 0.490 e. The van der Waals surface area contributed by atoms with E-state index >= 15 is 0 Å². The van der Waals surface area contributed by atoms with Gasteiger partial charge in [0.05, 0.1) is 0 Å². The van der Waals surface area contributed by atoms with Gasteiger partial charge in [-0.2, -0.15) is 0 Å². The van der Waals surface area contributed by atoms with E-state index in [2.05, 4.69) is 128 Å². The van der Waals surface area contributed by atoms with Crippen molar-refractivity contribution < 1.29 is 4.74 Å². The van der Waals surface area contributed by atoms with Crippen molar-refractivity contribution in [3.05, 3.63) is 121 Å². The van der Waals surface area contributed by atoms with Gasteiger partial charge in [-0.05, 0) is 87.7 Å². The van der Waals surface area contributed by atoms with Crippen molar-refractivity contribution in [1.82, 2.24) is 0 Å². The van der Waals surface area contributed by atoms with E-state index in [4.69, 9.17) is 4.74 Å². The monoisotopic (exact) mass is 460 g/mol. The predicted molar refractivity (Wildman–Crippen MR) is 155 cm³/mol. The lowest BCUT2D eigenvalue weighted by atomic mass is 9.88. The second kappa shape index (κ2) is 18.6. The van der Waals surface area contributed by atoms with Crippen LogP contribution in [0.2, 0.25) is 0 Å². The van der Waals surface area contributed by atoms with Gasteiger partial charge in [0.2, 0.25) is 0 Å². The fourth-order valence-corrected chi connectivity index (χ4v) is 3.28. The molecule has 0 heterocycles. The topological polar surface area (TPSA) is 9.23 Å². The molecule has 0 spiro atoms. The van der Waals surface area contributed by atoms with Gasteiger partial charge in [-0.25, -0.2) is 0 Å². The molecule has 0 unspecified atom stereocenters. The zero-order chi connectivity index (χ0) is 25.8. The quantitative estimate of drug-likeness (QED) is 0.160. The fourth-order valence-electron chi connectivity index (χ4n) is 3.28. The van der Waals surface area contributed by atoms with Crippen LogP contribution in [0.15, 0.2) is 121 Å². The van der Waals surface area contributed by atoms with Crippen molar-refractivity contribution in [2.45, 2.75) is 73.6 Å². The third-order valence-corrected chi connectivity index (χ3v) is 5.47. The Bertz CT molecular complexity index is 847. The SMILES string of the molecule is C=C.C=C/C(C)=C\C=C(/C)CC(/C=C\COC(/C=C\CC1=CCCC(C)(C)C=C1)=C/CC)=C/C. The molecule has 1 nitrogen and oxygen atoms in total. The van der Waals surface area contributed by atoms with E-state index < -0.39 is 0 Å². The molecular weight excluding hydrogens is 412 g/mol. The van der Waals surface area contributed by atoms with Crippen molar-refractivity contribution in [2.75, 3.05) is 6.61 Å². The first-order chi connectivity index (χ1) is 16.3. The maximum atomic E-state index is 6.01. The van der Waals surface area contributed by atoms with Crippen LogP contribution in [0.1, 0.15) is 73.6 Å². The number of hydrogen-bond donors (Lipinski definition) is 0. The van der Waals surface area contributed by atoms with E-state index in [0.29, 0.717) is 12.0 Å². The molecule has 0 aromatic heterocycles. The minimum absolute atomic E-state index is 0.298. The third kappa shape index (κ3) is 15.1. The summed E-state index contributed by atoms with van der Waals surface area (Å²) >= 11 is 0. The van der Waals surface area contributed by atoms with Crippen LogP contribution in [0.3, 0.4) is 0 Å². The Morgan fingerprint density at radius 2 is 1.85 bits per heavy atom. The minimum atomic E-state index is 0.298. The lowest BCUT2D eigenvalue weighted by Crippen LogP contribution is -2.04. The maximum Gasteiger partial charge on any atom is 0.115 e. The van der Waals surface area contributed by atoms with E-state index in [-0.39, 0.29) is 0 Å². The van der Waals surface area contributed by atoms with E-state index in [1.807, 2.05) is 6.08 Å². The maximum absolute atomic E-state index is 6.01. The van der Waals surface area contributed by atoms with Gasteiger partial charge < -0.3 is 4.74 Å². The first-order valence-electron chi connectivity index (χ1n) is 12.5. The summed E-state index contributed by atoms with van der Waals surface area (Å²) in [6, 6.07) is 0. The summed E-state index contributed by atoms with van der Waals surface area (Å²) in [7, 11) is 0. The molecule has 186 valence electrons. The third-order valence-electron chi connectivity index (χ3n) is 5.47. The number of hydrogen-bond acceptors (Lipinski definition) is 1. The van der Waals surface area contributed by atoms with E-state index in [1.165, 1.54) is 28.7 Å². The Kier molecular flexibility index (Phi) is 17.1. The molecule has 0 N–H and O–H groups in total. The van der Waals surface area contributed by atoms with Gasteiger partial charge in [-0.3, -0.25) is 0 Å². The first kappa shape index (κ1) is 31.2. The van der Waals surface area contributed by atoms with Crippen molar-refractivity contribution in [2.24, 2.45) is 5.41 Å². The van der Waals surface area contributed by atoms with Crippen LogP contribution < -0.4 is 0 Å². The van der Waals surface area contributed by atoms with Crippen molar-refractivity contribution >= 4 is 0 Å². The van der Waals surface area contributed by atoms with Gasteiger partial charge in [-0.15, -0.1) is 13.2 Å². The van der Waals surface area contributed by atoms with Crippen LogP contribution in [0.5, 0.6) is 0 Å². The Labute approximate surface area is 211 Å². The Morgan fingerprint density at radius 1 is 1.12 bits per heavy atom. The van der Waals surface area contributed by atoms with Crippen LogP contribution in [0, 0.1) is 5.41 Å². The van der Waals surface area contributed by atoms with Crippen LogP contribution in [-0.4, -0.2) is 6.61 Å². The van der Waals surface area contributed by atoms with Crippen molar-refractivity contribution in [3.63, 3.8) is 0 Å². The van der Waals surface area contributed by atoms with Gasteiger partial charge in [0.25, 0.3) is 0 Å². The van der Waals surface area contributed by atoms with Gasteiger partial charge >= 0.3 is 0 Å². The molecule has 1 aliphatic rings.